The number of carbonyl (C=O) groups is 1. The summed E-state index contributed by atoms with van der Waals surface area (Å²) in [4.78, 5) is 26.6. The number of fused-ring (bicyclic) bond motifs is 1. The average Bonchev–Trinajstić information content (AvgIpc) is 3.42. The maximum Gasteiger partial charge on any atom is 0.459 e. The minimum absolute atomic E-state index is 0.0537. The molecule has 3 aromatic rings. The number of anilines is 2. The zero-order chi connectivity index (χ0) is 29.2. The number of benzene rings is 1. The molecule has 1 aliphatic heterocycles. The van der Waals surface area contributed by atoms with Crippen molar-refractivity contribution in [3.63, 3.8) is 0 Å². The number of para-hydroxylation sites is 1. The summed E-state index contributed by atoms with van der Waals surface area (Å²) in [5, 5.41) is 13.2. The summed E-state index contributed by atoms with van der Waals surface area (Å²) >= 11 is 0. The first-order chi connectivity index (χ1) is 18.9. The van der Waals surface area contributed by atoms with Crippen molar-refractivity contribution in [3.05, 3.63) is 36.7 Å². The largest absolute Gasteiger partial charge is 0.462 e. The number of nitrogens with one attached hydrogen (secondary N) is 1. The lowest BCUT2D eigenvalue weighted by Crippen LogP contribution is -2.37. The van der Waals surface area contributed by atoms with Crippen LogP contribution in [0.2, 0.25) is 0 Å². The second kappa shape index (κ2) is 12.0. The Bertz CT molecular complexity index is 1380. The molecule has 0 radical (unpaired) electrons. The highest BCUT2D eigenvalue weighted by molar-refractivity contribution is 7.52. The molecule has 218 valence electrons. The van der Waals surface area contributed by atoms with Crippen LogP contribution in [0.15, 0.2) is 36.7 Å². The van der Waals surface area contributed by atoms with E-state index in [1.165, 1.54) is 17.8 Å². The fraction of sp³-hybridized carbons (Fsp3) is 0.500. The minimum Gasteiger partial charge on any atom is -0.462 e. The fourth-order valence-electron chi connectivity index (χ4n) is 3.99. The van der Waals surface area contributed by atoms with Crippen LogP contribution < -0.4 is 20.2 Å². The van der Waals surface area contributed by atoms with Crippen molar-refractivity contribution in [2.24, 2.45) is 0 Å². The maximum atomic E-state index is 15.3. The topological polar surface area (TPSA) is 176 Å². The number of imidazole rings is 1. The number of alkyl halides is 1. The Morgan fingerprint density at radius 3 is 2.62 bits per heavy atom. The number of aliphatic hydroxyl groups excluding tert-OH is 1. The van der Waals surface area contributed by atoms with E-state index in [1.54, 1.807) is 63.2 Å². The molecule has 3 heterocycles. The highest BCUT2D eigenvalue weighted by atomic mass is 31.2. The molecule has 0 saturated carbocycles. The van der Waals surface area contributed by atoms with Crippen molar-refractivity contribution >= 4 is 36.6 Å². The van der Waals surface area contributed by atoms with Crippen LogP contribution in [0.4, 0.5) is 16.2 Å². The molecule has 1 saturated heterocycles. The fourth-order valence-corrected chi connectivity index (χ4v) is 5.49. The Kier molecular flexibility index (Phi) is 8.90. The van der Waals surface area contributed by atoms with Crippen LogP contribution >= 0.6 is 7.75 Å². The summed E-state index contributed by atoms with van der Waals surface area (Å²) in [5.41, 5.74) is 6.41. The number of ether oxygens (including phenoxy) is 2. The standard InChI is InChI=1S/C24H33FN7O7P/c1-13(2)37-23(34)14(3)30-40(35,39-15-9-7-6-8-10-15)36-11-16-19(33)17(25)22(38-16)32-12-27-18-20(31(4)5)28-24(26)29-21(18)32/h6-10,12-14,16-17,19,22,33H,11H2,1-5H3,(H,30,35)(H2,26,28,29)/t14-,16+,17-,19+,22+,40?/m0/s1. The molecule has 1 fully saturated rings. The number of carbonyl (C=O) groups excluding carboxylic acids is 1. The molecule has 1 unspecified atom stereocenters. The molecule has 14 nitrogen and oxygen atoms in total. The first-order valence-corrected chi connectivity index (χ1v) is 14.0. The lowest BCUT2D eigenvalue weighted by atomic mass is 10.1. The number of nitrogens with two attached hydrogens (primary N) is 1. The third kappa shape index (κ3) is 6.50. The summed E-state index contributed by atoms with van der Waals surface area (Å²) < 4.78 is 52.5. The van der Waals surface area contributed by atoms with Crippen molar-refractivity contribution in [2.45, 2.75) is 57.5 Å². The van der Waals surface area contributed by atoms with E-state index < -0.39 is 57.1 Å². The molecule has 0 spiro atoms. The lowest BCUT2D eigenvalue weighted by Gasteiger charge is -2.25. The van der Waals surface area contributed by atoms with E-state index in [1.807, 2.05) is 0 Å². The van der Waals surface area contributed by atoms with Crippen molar-refractivity contribution in [3.8, 4) is 5.75 Å². The average molecular weight is 582 g/mol. The molecular formula is C24H33FN7O7P. The van der Waals surface area contributed by atoms with Crippen LogP contribution in [0.3, 0.4) is 0 Å². The van der Waals surface area contributed by atoms with E-state index >= 15 is 4.39 Å². The molecule has 6 atom stereocenters. The number of nitrogens with zero attached hydrogens (tertiary/aromatic N) is 5. The van der Waals surface area contributed by atoms with Gasteiger partial charge in [-0.25, -0.2) is 13.9 Å². The van der Waals surface area contributed by atoms with Crippen LogP contribution in [-0.4, -0.2) is 81.8 Å². The normalized spacial score (nSPS) is 23.2. The Balaban J connectivity index is 1.53. The summed E-state index contributed by atoms with van der Waals surface area (Å²) in [6, 6.07) is 7.06. The maximum absolute atomic E-state index is 15.3. The number of aliphatic hydroxyl groups is 1. The van der Waals surface area contributed by atoms with Crippen molar-refractivity contribution in [1.29, 1.82) is 0 Å². The number of halogens is 1. The summed E-state index contributed by atoms with van der Waals surface area (Å²) in [7, 11) is -0.773. The first-order valence-electron chi connectivity index (χ1n) is 12.5. The van der Waals surface area contributed by atoms with Crippen LogP contribution in [0.5, 0.6) is 5.75 Å². The predicted octanol–water partition coefficient (Wildman–Crippen LogP) is 2.20. The van der Waals surface area contributed by atoms with E-state index in [2.05, 4.69) is 20.0 Å². The van der Waals surface area contributed by atoms with Gasteiger partial charge in [-0.05, 0) is 32.9 Å². The summed E-state index contributed by atoms with van der Waals surface area (Å²) in [6.07, 6.45) is -5.29. The van der Waals surface area contributed by atoms with Crippen LogP contribution in [0, 0.1) is 0 Å². The summed E-state index contributed by atoms with van der Waals surface area (Å²) in [5.74, 6) is -0.120. The zero-order valence-electron chi connectivity index (χ0n) is 22.7. The number of hydrogen-bond acceptors (Lipinski definition) is 12. The van der Waals surface area contributed by atoms with E-state index in [0.717, 1.165) is 0 Å². The van der Waals surface area contributed by atoms with Gasteiger partial charge in [0.15, 0.2) is 29.4 Å². The Labute approximate surface area is 230 Å². The summed E-state index contributed by atoms with van der Waals surface area (Å²) in [6.45, 7) is 4.24. The van der Waals surface area contributed by atoms with Gasteiger partial charge in [0.25, 0.3) is 0 Å². The Hall–Kier alpha value is -3.36. The zero-order valence-corrected chi connectivity index (χ0v) is 23.6. The number of nitrogen functional groups attached to an aromatic ring is 1. The van der Waals surface area contributed by atoms with Crippen molar-refractivity contribution in [2.75, 3.05) is 31.3 Å². The van der Waals surface area contributed by atoms with Gasteiger partial charge in [-0.15, -0.1) is 0 Å². The molecule has 1 aliphatic rings. The molecule has 4 rings (SSSR count). The van der Waals surface area contributed by atoms with Gasteiger partial charge in [-0.3, -0.25) is 13.9 Å². The SMILES string of the molecule is CC(C)OC(=O)[C@H](C)NP(=O)(OC[C@H]1O[C@@H](n2cnc3c(N(C)C)nc(N)nc32)[C@@H](F)[C@@H]1O)Oc1ccccc1. The highest BCUT2D eigenvalue weighted by Crippen LogP contribution is 2.46. The number of aromatic nitrogens is 4. The molecule has 1 aromatic carbocycles. The van der Waals surface area contributed by atoms with Crippen molar-refractivity contribution in [1.82, 2.24) is 24.6 Å². The van der Waals surface area contributed by atoms with E-state index in [4.69, 9.17) is 24.3 Å². The molecule has 2 aromatic heterocycles. The van der Waals surface area contributed by atoms with Gasteiger partial charge in [0.1, 0.15) is 24.0 Å². The van der Waals surface area contributed by atoms with E-state index in [-0.39, 0.29) is 17.3 Å². The number of rotatable bonds is 11. The van der Waals surface area contributed by atoms with Gasteiger partial charge in [-0.1, -0.05) is 18.2 Å². The van der Waals surface area contributed by atoms with Gasteiger partial charge in [0.2, 0.25) is 5.95 Å². The van der Waals surface area contributed by atoms with Crippen LogP contribution in [-0.2, 0) is 23.4 Å². The first kappa shape index (κ1) is 29.6. The van der Waals surface area contributed by atoms with Gasteiger partial charge >= 0.3 is 13.7 Å². The molecule has 0 bridgehead atoms. The second-order valence-electron chi connectivity index (χ2n) is 9.66. The molecule has 0 aliphatic carbocycles. The second-order valence-corrected chi connectivity index (χ2v) is 11.4. The lowest BCUT2D eigenvalue weighted by molar-refractivity contribution is -0.149. The quantitative estimate of drug-likeness (QED) is 0.222. The van der Waals surface area contributed by atoms with Gasteiger partial charge < -0.3 is 29.7 Å². The number of hydrogen-bond donors (Lipinski definition) is 3. The van der Waals surface area contributed by atoms with Crippen LogP contribution in [0.25, 0.3) is 11.2 Å². The predicted molar refractivity (Wildman–Crippen MR) is 143 cm³/mol. The minimum atomic E-state index is -4.26. The van der Waals surface area contributed by atoms with Crippen LogP contribution in [0.1, 0.15) is 27.0 Å². The molecule has 16 heteroatoms. The number of esters is 1. The van der Waals surface area contributed by atoms with Gasteiger partial charge in [-0.2, -0.15) is 15.1 Å². The third-order valence-electron chi connectivity index (χ3n) is 5.85. The molecular weight excluding hydrogens is 548 g/mol. The van der Waals surface area contributed by atoms with E-state index in [0.29, 0.717) is 11.3 Å². The smallest absolute Gasteiger partial charge is 0.459 e. The molecule has 0 amide bonds. The molecule has 4 N–H and O–H groups in total. The molecule has 40 heavy (non-hydrogen) atoms. The van der Waals surface area contributed by atoms with Gasteiger partial charge in [0.05, 0.1) is 19.0 Å². The van der Waals surface area contributed by atoms with Gasteiger partial charge in [0, 0.05) is 14.1 Å². The van der Waals surface area contributed by atoms with E-state index in [9.17, 15) is 14.5 Å². The van der Waals surface area contributed by atoms with Crippen molar-refractivity contribution < 1.29 is 37.4 Å². The highest BCUT2D eigenvalue weighted by Gasteiger charge is 2.47. The monoisotopic (exact) mass is 581 g/mol. The Morgan fingerprint density at radius 2 is 1.98 bits per heavy atom. The third-order valence-corrected chi connectivity index (χ3v) is 7.49. The Morgan fingerprint density at radius 1 is 1.27 bits per heavy atom.